The number of rotatable bonds is 4. The fourth-order valence-corrected chi connectivity index (χ4v) is 2.08. The van der Waals surface area contributed by atoms with Crippen molar-refractivity contribution in [2.24, 2.45) is 5.92 Å². The van der Waals surface area contributed by atoms with Gasteiger partial charge in [0.15, 0.2) is 0 Å². The van der Waals surface area contributed by atoms with Gasteiger partial charge in [0.25, 0.3) is 0 Å². The molecule has 0 spiro atoms. The first-order chi connectivity index (χ1) is 9.16. The largest absolute Gasteiger partial charge is 0.469 e. The molecule has 7 heteroatoms. The first-order valence-electron chi connectivity index (χ1n) is 5.88. The zero-order chi connectivity index (χ0) is 15.5. The third-order valence-electron chi connectivity index (χ3n) is 2.99. The molecule has 1 rings (SSSR count). The zero-order valence-corrected chi connectivity index (χ0v) is 12.8. The van der Waals surface area contributed by atoms with E-state index in [1.807, 2.05) is 0 Å². The molecule has 2 atom stereocenters. The summed E-state index contributed by atoms with van der Waals surface area (Å²) in [6, 6.07) is 3.48. The molecule has 112 valence electrons. The monoisotopic (exact) mass is 353 g/mol. The van der Waals surface area contributed by atoms with Gasteiger partial charge < -0.3 is 10.1 Å². The van der Waals surface area contributed by atoms with Crippen LogP contribution in [0.2, 0.25) is 0 Å². The maximum atomic E-state index is 12.8. The van der Waals surface area contributed by atoms with Gasteiger partial charge in [-0.2, -0.15) is 13.2 Å². The van der Waals surface area contributed by atoms with Crippen LogP contribution in [0.15, 0.2) is 22.7 Å². The van der Waals surface area contributed by atoms with Gasteiger partial charge in [-0.1, -0.05) is 15.9 Å². The van der Waals surface area contributed by atoms with Crippen LogP contribution in [0, 0.1) is 5.92 Å². The Morgan fingerprint density at radius 3 is 2.45 bits per heavy atom. The van der Waals surface area contributed by atoms with Crippen LogP contribution in [0.25, 0.3) is 0 Å². The normalized spacial score (nSPS) is 14.6. The van der Waals surface area contributed by atoms with Gasteiger partial charge in [-0.15, -0.1) is 0 Å². The van der Waals surface area contributed by atoms with E-state index < -0.39 is 23.6 Å². The molecule has 0 aliphatic carbocycles. The van der Waals surface area contributed by atoms with Crippen molar-refractivity contribution >= 4 is 27.6 Å². The fourth-order valence-electron chi connectivity index (χ4n) is 1.61. The number of nitrogens with one attached hydrogen (secondary N) is 1. The minimum absolute atomic E-state index is 0.0239. The summed E-state index contributed by atoms with van der Waals surface area (Å²) in [6.07, 6.45) is -4.44. The molecule has 2 unspecified atom stereocenters. The average Bonchev–Trinajstić information content (AvgIpc) is 2.37. The summed E-state index contributed by atoms with van der Waals surface area (Å²) in [5, 5.41) is 2.87. The first-order valence-corrected chi connectivity index (χ1v) is 6.67. The van der Waals surface area contributed by atoms with Crippen LogP contribution >= 0.6 is 15.9 Å². The molecule has 0 aliphatic rings. The van der Waals surface area contributed by atoms with Crippen LogP contribution in [-0.2, 0) is 15.7 Å². The van der Waals surface area contributed by atoms with Crippen molar-refractivity contribution in [1.29, 1.82) is 0 Å². The van der Waals surface area contributed by atoms with E-state index in [1.165, 1.54) is 19.2 Å². The van der Waals surface area contributed by atoms with E-state index in [9.17, 15) is 18.0 Å². The van der Waals surface area contributed by atoms with Gasteiger partial charge in [0.05, 0.1) is 18.6 Å². The topological polar surface area (TPSA) is 38.3 Å². The van der Waals surface area contributed by atoms with Gasteiger partial charge in [-0.05, 0) is 32.0 Å². The minimum atomic E-state index is -4.44. The van der Waals surface area contributed by atoms with Crippen LogP contribution < -0.4 is 5.32 Å². The second kappa shape index (κ2) is 6.47. The van der Waals surface area contributed by atoms with Crippen molar-refractivity contribution in [1.82, 2.24) is 0 Å². The van der Waals surface area contributed by atoms with E-state index in [0.29, 0.717) is 5.69 Å². The smallest absolute Gasteiger partial charge is 0.417 e. The van der Waals surface area contributed by atoms with E-state index in [-0.39, 0.29) is 10.5 Å². The highest BCUT2D eigenvalue weighted by Crippen LogP contribution is 2.36. The molecule has 0 bridgehead atoms. The molecule has 1 N–H and O–H groups in total. The molecule has 0 saturated carbocycles. The number of esters is 1. The number of methoxy groups -OCH3 is 1. The van der Waals surface area contributed by atoms with Crippen molar-refractivity contribution < 1.29 is 22.7 Å². The van der Waals surface area contributed by atoms with Crippen molar-refractivity contribution in [3.05, 3.63) is 28.2 Å². The quantitative estimate of drug-likeness (QED) is 0.829. The number of anilines is 1. The van der Waals surface area contributed by atoms with E-state index in [1.54, 1.807) is 13.8 Å². The summed E-state index contributed by atoms with van der Waals surface area (Å²) in [5.41, 5.74) is -0.468. The summed E-state index contributed by atoms with van der Waals surface area (Å²) in [6.45, 7) is 3.35. The van der Waals surface area contributed by atoms with Crippen LogP contribution in [0.3, 0.4) is 0 Å². The molecule has 0 aliphatic heterocycles. The van der Waals surface area contributed by atoms with Crippen LogP contribution in [0.5, 0.6) is 0 Å². The Kier molecular flexibility index (Phi) is 5.44. The lowest BCUT2D eigenvalue weighted by Gasteiger charge is -2.21. The van der Waals surface area contributed by atoms with Gasteiger partial charge in [-0.25, -0.2) is 0 Å². The summed E-state index contributed by atoms with van der Waals surface area (Å²) in [4.78, 5) is 11.4. The first kappa shape index (κ1) is 16.8. The predicted octanol–water partition coefficient (Wildman–Crippen LogP) is 4.08. The molecule has 0 heterocycles. The molecular weight excluding hydrogens is 339 g/mol. The summed E-state index contributed by atoms with van der Waals surface area (Å²) >= 11 is 2.87. The number of hydrogen-bond donors (Lipinski definition) is 1. The predicted molar refractivity (Wildman–Crippen MR) is 73.4 cm³/mol. The summed E-state index contributed by atoms with van der Waals surface area (Å²) in [7, 11) is 1.27. The van der Waals surface area contributed by atoms with Gasteiger partial charge in [0.2, 0.25) is 0 Å². The highest BCUT2D eigenvalue weighted by Gasteiger charge is 2.33. The third kappa shape index (κ3) is 4.13. The highest BCUT2D eigenvalue weighted by atomic mass is 79.9. The number of alkyl halides is 3. The molecule has 1 aromatic rings. The van der Waals surface area contributed by atoms with Crippen LogP contribution in [0.1, 0.15) is 19.4 Å². The van der Waals surface area contributed by atoms with E-state index in [0.717, 1.165) is 6.07 Å². The SMILES string of the molecule is COC(=O)C(C)C(C)Nc1ccc(Br)c(C(F)(F)F)c1. The lowest BCUT2D eigenvalue weighted by molar-refractivity contribution is -0.145. The second-order valence-electron chi connectivity index (χ2n) is 4.44. The van der Waals surface area contributed by atoms with E-state index in [2.05, 4.69) is 26.0 Å². The Bertz CT molecular complexity index is 491. The maximum absolute atomic E-state index is 12.8. The second-order valence-corrected chi connectivity index (χ2v) is 5.29. The summed E-state index contributed by atoms with van der Waals surface area (Å²) < 4.78 is 42.9. The maximum Gasteiger partial charge on any atom is 0.417 e. The highest BCUT2D eigenvalue weighted by molar-refractivity contribution is 9.10. The Balaban J connectivity index is 2.91. The average molecular weight is 354 g/mol. The van der Waals surface area contributed by atoms with Crippen molar-refractivity contribution in [3.63, 3.8) is 0 Å². The number of hydrogen-bond acceptors (Lipinski definition) is 3. The number of benzene rings is 1. The molecule has 0 radical (unpaired) electrons. The number of halogens is 4. The number of ether oxygens (including phenoxy) is 1. The third-order valence-corrected chi connectivity index (χ3v) is 3.68. The van der Waals surface area contributed by atoms with Gasteiger partial charge in [0.1, 0.15) is 0 Å². The lowest BCUT2D eigenvalue weighted by atomic mass is 10.0. The Morgan fingerprint density at radius 2 is 1.95 bits per heavy atom. The molecule has 20 heavy (non-hydrogen) atoms. The molecular formula is C13H15BrF3NO2. The lowest BCUT2D eigenvalue weighted by Crippen LogP contribution is -2.30. The van der Waals surface area contributed by atoms with Crippen molar-refractivity contribution in [2.75, 3.05) is 12.4 Å². The molecule has 0 aromatic heterocycles. The molecule has 0 fully saturated rings. The van der Waals surface area contributed by atoms with Crippen LogP contribution in [-0.4, -0.2) is 19.1 Å². The number of carbonyl (C=O) groups excluding carboxylic acids is 1. The minimum Gasteiger partial charge on any atom is -0.469 e. The molecule has 0 amide bonds. The Hall–Kier alpha value is -1.24. The fraction of sp³-hybridized carbons (Fsp3) is 0.462. The standard InChI is InChI=1S/C13H15BrF3NO2/c1-7(12(19)20-3)8(2)18-9-4-5-11(14)10(6-9)13(15,16)17/h4-8,18H,1-3H3. The molecule has 3 nitrogen and oxygen atoms in total. The zero-order valence-electron chi connectivity index (χ0n) is 11.2. The van der Waals surface area contributed by atoms with Crippen molar-refractivity contribution in [2.45, 2.75) is 26.1 Å². The summed E-state index contributed by atoms with van der Waals surface area (Å²) in [5.74, 6) is -0.892. The van der Waals surface area contributed by atoms with Gasteiger partial charge in [0, 0.05) is 16.2 Å². The Morgan fingerprint density at radius 1 is 1.35 bits per heavy atom. The van der Waals surface area contributed by atoms with Gasteiger partial charge >= 0.3 is 12.1 Å². The molecule has 1 aromatic carbocycles. The Labute approximate surface area is 123 Å². The van der Waals surface area contributed by atoms with Crippen LogP contribution in [0.4, 0.5) is 18.9 Å². The van der Waals surface area contributed by atoms with Crippen molar-refractivity contribution in [3.8, 4) is 0 Å². The van der Waals surface area contributed by atoms with E-state index >= 15 is 0 Å². The number of carbonyl (C=O) groups is 1. The van der Waals surface area contributed by atoms with E-state index in [4.69, 9.17) is 0 Å². The molecule has 0 saturated heterocycles. The van der Waals surface area contributed by atoms with Gasteiger partial charge in [-0.3, -0.25) is 4.79 Å².